The van der Waals surface area contributed by atoms with Crippen molar-refractivity contribution >= 4 is 17.3 Å². The molecule has 0 saturated carbocycles. The highest BCUT2D eigenvalue weighted by atomic mass is 35.5. The van der Waals surface area contributed by atoms with E-state index in [1.54, 1.807) is 19.1 Å². The standard InChI is InChI=1S/C17H19ClFNO/c1-11(14-6-4-5-7-15(14)18)20(3)17-9-8-13(12(2)21)10-16(17)19/h4-12,21H,1-3H3/t11?,12-/m1/s1. The second-order valence-corrected chi connectivity index (χ2v) is 5.60. The maximum atomic E-state index is 14.3. The number of anilines is 1. The number of aliphatic hydroxyl groups is 1. The quantitative estimate of drug-likeness (QED) is 0.882. The van der Waals surface area contributed by atoms with E-state index in [4.69, 9.17) is 11.6 Å². The Kier molecular flexibility index (Phi) is 4.86. The minimum absolute atomic E-state index is 0.0643. The fraction of sp³-hybridized carbons (Fsp3) is 0.294. The molecule has 2 nitrogen and oxygen atoms in total. The third-order valence-electron chi connectivity index (χ3n) is 3.77. The molecule has 2 atom stereocenters. The molecule has 1 unspecified atom stereocenters. The molecule has 0 aliphatic heterocycles. The van der Waals surface area contributed by atoms with E-state index >= 15 is 0 Å². The number of hydrogen-bond donors (Lipinski definition) is 1. The van der Waals surface area contributed by atoms with Crippen LogP contribution in [0.1, 0.15) is 37.1 Å². The van der Waals surface area contributed by atoms with Gasteiger partial charge in [0.15, 0.2) is 0 Å². The number of halogens is 2. The summed E-state index contributed by atoms with van der Waals surface area (Å²) >= 11 is 6.20. The molecule has 0 bridgehead atoms. The molecule has 0 saturated heterocycles. The van der Waals surface area contributed by atoms with Crippen LogP contribution in [0.25, 0.3) is 0 Å². The summed E-state index contributed by atoms with van der Waals surface area (Å²) in [6.45, 7) is 3.59. The van der Waals surface area contributed by atoms with Gasteiger partial charge in [-0.1, -0.05) is 35.9 Å². The van der Waals surface area contributed by atoms with E-state index in [1.807, 2.05) is 43.1 Å². The molecule has 0 fully saturated rings. The van der Waals surface area contributed by atoms with Crippen LogP contribution in [-0.2, 0) is 0 Å². The van der Waals surface area contributed by atoms with E-state index < -0.39 is 6.10 Å². The van der Waals surface area contributed by atoms with Crippen LogP contribution in [-0.4, -0.2) is 12.2 Å². The van der Waals surface area contributed by atoms with Crippen LogP contribution < -0.4 is 4.90 Å². The van der Waals surface area contributed by atoms with Crippen molar-refractivity contribution < 1.29 is 9.50 Å². The first-order valence-corrected chi connectivity index (χ1v) is 7.24. The summed E-state index contributed by atoms with van der Waals surface area (Å²) in [5, 5.41) is 10.2. The van der Waals surface area contributed by atoms with Crippen molar-refractivity contribution in [2.75, 3.05) is 11.9 Å². The zero-order valence-corrected chi connectivity index (χ0v) is 13.1. The van der Waals surface area contributed by atoms with Crippen molar-refractivity contribution in [1.29, 1.82) is 0 Å². The van der Waals surface area contributed by atoms with E-state index in [1.165, 1.54) is 6.07 Å². The first-order valence-electron chi connectivity index (χ1n) is 6.86. The zero-order chi connectivity index (χ0) is 15.6. The van der Waals surface area contributed by atoms with Gasteiger partial charge in [-0.3, -0.25) is 0 Å². The molecule has 0 aliphatic carbocycles. The van der Waals surface area contributed by atoms with Gasteiger partial charge in [-0.25, -0.2) is 4.39 Å². The van der Waals surface area contributed by atoms with Gasteiger partial charge in [0.1, 0.15) is 5.82 Å². The maximum absolute atomic E-state index is 14.3. The van der Waals surface area contributed by atoms with Gasteiger partial charge in [0.25, 0.3) is 0 Å². The fourth-order valence-electron chi connectivity index (χ4n) is 2.30. The third-order valence-corrected chi connectivity index (χ3v) is 4.11. The van der Waals surface area contributed by atoms with E-state index in [2.05, 4.69) is 0 Å². The molecule has 0 radical (unpaired) electrons. The number of nitrogens with zero attached hydrogens (tertiary/aromatic N) is 1. The Morgan fingerprint density at radius 3 is 2.38 bits per heavy atom. The van der Waals surface area contributed by atoms with Crippen LogP contribution in [0.2, 0.25) is 5.02 Å². The summed E-state index contributed by atoms with van der Waals surface area (Å²) in [7, 11) is 1.83. The van der Waals surface area contributed by atoms with E-state index in [0.29, 0.717) is 16.3 Å². The highest BCUT2D eigenvalue weighted by molar-refractivity contribution is 6.31. The van der Waals surface area contributed by atoms with Gasteiger partial charge in [0.2, 0.25) is 0 Å². The summed E-state index contributed by atoms with van der Waals surface area (Å²) in [6.07, 6.45) is -0.681. The van der Waals surface area contributed by atoms with Gasteiger partial charge in [0, 0.05) is 12.1 Å². The van der Waals surface area contributed by atoms with Gasteiger partial charge in [-0.15, -0.1) is 0 Å². The van der Waals surface area contributed by atoms with Crippen molar-refractivity contribution in [1.82, 2.24) is 0 Å². The van der Waals surface area contributed by atoms with Gasteiger partial charge < -0.3 is 10.0 Å². The smallest absolute Gasteiger partial charge is 0.146 e. The van der Waals surface area contributed by atoms with Crippen LogP contribution in [0, 0.1) is 5.82 Å². The Morgan fingerprint density at radius 1 is 1.14 bits per heavy atom. The van der Waals surface area contributed by atoms with Crippen LogP contribution in [0.15, 0.2) is 42.5 Å². The van der Waals surface area contributed by atoms with Gasteiger partial charge in [-0.05, 0) is 43.2 Å². The maximum Gasteiger partial charge on any atom is 0.146 e. The molecule has 2 rings (SSSR count). The van der Waals surface area contributed by atoms with E-state index in [0.717, 1.165) is 5.56 Å². The molecule has 0 aromatic heterocycles. The van der Waals surface area contributed by atoms with Crippen LogP contribution in [0.3, 0.4) is 0 Å². The largest absolute Gasteiger partial charge is 0.389 e. The van der Waals surface area contributed by atoms with Crippen molar-refractivity contribution in [3.8, 4) is 0 Å². The average Bonchev–Trinajstić information content (AvgIpc) is 2.46. The first kappa shape index (κ1) is 15.8. The Balaban J connectivity index is 2.32. The summed E-state index contributed by atoms with van der Waals surface area (Å²) in [4.78, 5) is 1.84. The lowest BCUT2D eigenvalue weighted by atomic mass is 10.1. The molecule has 0 spiro atoms. The summed E-state index contributed by atoms with van der Waals surface area (Å²) in [5.41, 5.74) is 1.99. The normalized spacial score (nSPS) is 13.8. The van der Waals surface area contributed by atoms with Crippen molar-refractivity contribution in [2.45, 2.75) is 26.0 Å². The molecular weight excluding hydrogens is 289 g/mol. The average molecular weight is 308 g/mol. The molecular formula is C17H19ClFNO. The topological polar surface area (TPSA) is 23.5 Å². The van der Waals surface area contributed by atoms with Gasteiger partial charge in [0.05, 0.1) is 17.8 Å². The molecule has 21 heavy (non-hydrogen) atoms. The summed E-state index contributed by atoms with van der Waals surface area (Å²) < 4.78 is 14.3. The van der Waals surface area contributed by atoms with Crippen molar-refractivity contribution in [3.63, 3.8) is 0 Å². The number of aliphatic hydroxyl groups excluding tert-OH is 1. The Bertz CT molecular complexity index is 630. The van der Waals surface area contributed by atoms with E-state index in [-0.39, 0.29) is 11.9 Å². The van der Waals surface area contributed by atoms with Crippen LogP contribution in [0.5, 0.6) is 0 Å². The Morgan fingerprint density at radius 2 is 1.81 bits per heavy atom. The lowest BCUT2D eigenvalue weighted by Gasteiger charge is -2.28. The highest BCUT2D eigenvalue weighted by Gasteiger charge is 2.18. The molecule has 2 aromatic rings. The Hall–Kier alpha value is -1.58. The minimum atomic E-state index is -0.681. The van der Waals surface area contributed by atoms with Crippen LogP contribution in [0.4, 0.5) is 10.1 Å². The fourth-order valence-corrected chi connectivity index (χ4v) is 2.59. The molecule has 0 heterocycles. The molecule has 0 amide bonds. The van der Waals surface area contributed by atoms with Gasteiger partial charge in [-0.2, -0.15) is 0 Å². The predicted molar refractivity (Wildman–Crippen MR) is 85.3 cm³/mol. The molecule has 4 heteroatoms. The lowest BCUT2D eigenvalue weighted by Crippen LogP contribution is -2.23. The number of rotatable bonds is 4. The molecule has 0 aliphatic rings. The SMILES string of the molecule is CC(c1ccccc1Cl)N(C)c1ccc([C@@H](C)O)cc1F. The number of benzene rings is 2. The molecule has 2 aromatic carbocycles. The highest BCUT2D eigenvalue weighted by Crippen LogP contribution is 2.32. The Labute approximate surface area is 129 Å². The van der Waals surface area contributed by atoms with Gasteiger partial charge >= 0.3 is 0 Å². The lowest BCUT2D eigenvalue weighted by molar-refractivity contribution is 0.199. The molecule has 1 N–H and O–H groups in total. The predicted octanol–water partition coefficient (Wildman–Crippen LogP) is 4.73. The summed E-state index contributed by atoms with van der Waals surface area (Å²) in [5.74, 6) is -0.352. The van der Waals surface area contributed by atoms with Crippen molar-refractivity contribution in [3.05, 3.63) is 64.4 Å². The number of hydrogen-bond acceptors (Lipinski definition) is 2. The third kappa shape index (κ3) is 3.36. The first-order chi connectivity index (χ1) is 9.91. The minimum Gasteiger partial charge on any atom is -0.389 e. The summed E-state index contributed by atoms with van der Waals surface area (Å²) in [6, 6.07) is 12.3. The van der Waals surface area contributed by atoms with E-state index in [9.17, 15) is 9.50 Å². The van der Waals surface area contributed by atoms with Crippen LogP contribution >= 0.6 is 11.6 Å². The second kappa shape index (κ2) is 6.46. The molecule has 112 valence electrons. The monoisotopic (exact) mass is 307 g/mol. The zero-order valence-electron chi connectivity index (χ0n) is 12.3. The van der Waals surface area contributed by atoms with Crippen molar-refractivity contribution in [2.24, 2.45) is 0 Å². The second-order valence-electron chi connectivity index (χ2n) is 5.20.